The topological polar surface area (TPSA) is 225 Å². The minimum Gasteiger partial charge on any atom is -0.398 e. The second kappa shape index (κ2) is 12.1. The lowest BCUT2D eigenvalue weighted by Crippen LogP contribution is -2.26. The largest absolute Gasteiger partial charge is 0.398 e. The molecule has 0 aliphatic rings. The summed E-state index contributed by atoms with van der Waals surface area (Å²) in [4.78, 5) is 4.80. The normalized spacial score (nSPS) is 12.7. The highest BCUT2D eigenvalue weighted by molar-refractivity contribution is 7.94. The molecule has 7 N–H and O–H groups in total. The molecular formula is C24H25N3O10S4. The van der Waals surface area contributed by atoms with E-state index < -0.39 is 35.0 Å². The van der Waals surface area contributed by atoms with Crippen LogP contribution in [0.4, 0.5) is 11.4 Å². The Kier molecular flexibility index (Phi) is 9.12. The fourth-order valence-electron chi connectivity index (χ4n) is 4.07. The number of benzene rings is 4. The molecule has 4 rings (SSSR count). The Morgan fingerprint density at radius 1 is 0.732 bits per heavy atom. The van der Waals surface area contributed by atoms with Gasteiger partial charge >= 0.3 is 0 Å². The molecule has 220 valence electrons. The first-order chi connectivity index (χ1) is 19.2. The van der Waals surface area contributed by atoms with Crippen LogP contribution in [0, 0.1) is 0 Å². The lowest BCUT2D eigenvalue weighted by atomic mass is 10.1. The minimum absolute atomic E-state index is 0.0179. The second-order valence-corrected chi connectivity index (χ2v) is 14.3. The van der Waals surface area contributed by atoms with Gasteiger partial charge in [0.15, 0.2) is 9.84 Å². The van der Waals surface area contributed by atoms with Gasteiger partial charge in [0.1, 0.15) is 9.79 Å². The van der Waals surface area contributed by atoms with Gasteiger partial charge in [0.2, 0.25) is 0 Å². The number of anilines is 2. The lowest BCUT2D eigenvalue weighted by Gasteiger charge is -2.10. The smallest absolute Gasteiger partial charge is 0.297 e. The number of rotatable bonds is 12. The van der Waals surface area contributed by atoms with Crippen LogP contribution < -0.4 is 16.8 Å². The third kappa shape index (κ3) is 7.26. The van der Waals surface area contributed by atoms with Crippen molar-refractivity contribution in [3.63, 3.8) is 0 Å². The Balaban J connectivity index is 1.25. The van der Waals surface area contributed by atoms with E-state index in [1.165, 1.54) is 42.5 Å². The highest BCUT2D eigenvalue weighted by Gasteiger charge is 2.21. The summed E-state index contributed by atoms with van der Waals surface area (Å²) in [6.07, 6.45) is 0. The summed E-state index contributed by atoms with van der Waals surface area (Å²) >= 11 is 0.872. The van der Waals surface area contributed by atoms with E-state index in [2.05, 4.69) is 5.32 Å². The standard InChI is InChI=1S/C24H25N3O10S4/c25-21-7-1-15-13-17(3-5-19(15)23(21)40(30,31)32)38-37-36-11-9-27-10-12-39(28,29)18-4-6-20-16(14-18)2-8-22(26)24(20)41(33,34)35/h1-8,13-14,27H,9-12,25-26H2,(H,30,31,32)(H,33,34,35). The molecule has 13 nitrogen and oxygen atoms in total. The maximum Gasteiger partial charge on any atom is 0.297 e. The van der Waals surface area contributed by atoms with E-state index >= 15 is 0 Å². The molecule has 0 heterocycles. The van der Waals surface area contributed by atoms with Crippen LogP contribution >= 0.6 is 12.0 Å². The van der Waals surface area contributed by atoms with Crippen molar-refractivity contribution in [1.82, 2.24) is 5.32 Å². The van der Waals surface area contributed by atoms with Crippen LogP contribution in [0.25, 0.3) is 21.5 Å². The van der Waals surface area contributed by atoms with Gasteiger partial charge < -0.3 is 16.8 Å². The molecule has 0 fully saturated rings. The van der Waals surface area contributed by atoms with Gasteiger partial charge in [-0.15, -0.1) is 0 Å². The third-order valence-corrected chi connectivity index (χ3v) is 10.2. The zero-order valence-corrected chi connectivity index (χ0v) is 24.3. The molecule has 0 aromatic heterocycles. The van der Waals surface area contributed by atoms with Gasteiger partial charge in [-0.1, -0.05) is 24.3 Å². The summed E-state index contributed by atoms with van der Waals surface area (Å²) in [5.41, 5.74) is 11.2. The number of hydrogen-bond acceptors (Lipinski definition) is 12. The summed E-state index contributed by atoms with van der Waals surface area (Å²) in [7, 11) is -12.8. The van der Waals surface area contributed by atoms with Crippen LogP contribution in [0.5, 0.6) is 0 Å². The van der Waals surface area contributed by atoms with E-state index in [9.17, 15) is 34.4 Å². The first-order valence-electron chi connectivity index (χ1n) is 11.7. The van der Waals surface area contributed by atoms with Crippen molar-refractivity contribution in [3.8, 4) is 0 Å². The monoisotopic (exact) mass is 643 g/mol. The maximum absolute atomic E-state index is 12.8. The van der Waals surface area contributed by atoms with E-state index in [0.717, 1.165) is 12.0 Å². The van der Waals surface area contributed by atoms with Crippen molar-refractivity contribution in [3.05, 3.63) is 60.7 Å². The number of nitrogens with two attached hydrogens (primary N) is 2. The molecule has 0 bridgehead atoms. The van der Waals surface area contributed by atoms with Gasteiger partial charge in [-0.05, 0) is 47.2 Å². The Hall–Kier alpha value is -3.00. The van der Waals surface area contributed by atoms with Crippen LogP contribution in [-0.4, -0.2) is 59.8 Å². The highest BCUT2D eigenvalue weighted by Crippen LogP contribution is 2.32. The Morgan fingerprint density at radius 2 is 1.29 bits per heavy atom. The highest BCUT2D eigenvalue weighted by atomic mass is 32.2. The van der Waals surface area contributed by atoms with Crippen molar-refractivity contribution in [2.24, 2.45) is 0 Å². The van der Waals surface area contributed by atoms with Crippen LogP contribution in [0.15, 0.2) is 80.2 Å². The first-order valence-corrected chi connectivity index (χ1v) is 16.9. The Morgan fingerprint density at radius 3 is 1.88 bits per heavy atom. The number of nitrogens with one attached hydrogen (secondary N) is 1. The van der Waals surface area contributed by atoms with Crippen molar-refractivity contribution >= 4 is 75.0 Å². The number of sulfone groups is 1. The average Bonchev–Trinajstić information content (AvgIpc) is 2.88. The van der Waals surface area contributed by atoms with Gasteiger partial charge in [-0.2, -0.15) is 21.2 Å². The predicted molar refractivity (Wildman–Crippen MR) is 154 cm³/mol. The van der Waals surface area contributed by atoms with Crippen molar-refractivity contribution in [2.75, 3.05) is 36.9 Å². The maximum atomic E-state index is 12.8. The molecule has 17 heteroatoms. The lowest BCUT2D eigenvalue weighted by molar-refractivity contribution is -0.188. The fourth-order valence-corrected chi connectivity index (χ4v) is 7.46. The third-order valence-electron chi connectivity index (χ3n) is 5.91. The SMILES string of the molecule is Nc1ccc2cc(SOOCCNCCS(=O)(=O)c3ccc4c(S(=O)(=O)O)c(N)ccc4c3)ccc2c1S(=O)(=O)O. The van der Waals surface area contributed by atoms with E-state index in [4.69, 9.17) is 20.7 Å². The van der Waals surface area contributed by atoms with Gasteiger partial charge in [0, 0.05) is 28.8 Å². The molecular weight excluding hydrogens is 619 g/mol. The van der Waals surface area contributed by atoms with E-state index in [1.54, 1.807) is 18.2 Å². The molecule has 0 saturated heterocycles. The number of fused-ring (bicyclic) bond motifs is 2. The van der Waals surface area contributed by atoms with E-state index in [1.807, 2.05) is 0 Å². The van der Waals surface area contributed by atoms with Crippen LogP contribution in [0.3, 0.4) is 0 Å². The second-order valence-electron chi connectivity index (χ2n) is 8.73. The summed E-state index contributed by atoms with van der Waals surface area (Å²) in [5.74, 6) is -0.249. The van der Waals surface area contributed by atoms with Crippen molar-refractivity contribution < 1.29 is 43.6 Å². The molecule has 0 spiro atoms. The Bertz CT molecular complexity index is 1950. The quantitative estimate of drug-likeness (QED) is 0.0374. The summed E-state index contributed by atoms with van der Waals surface area (Å²) in [6.45, 7) is 0.443. The van der Waals surface area contributed by atoms with E-state index in [-0.39, 0.29) is 57.4 Å². The van der Waals surface area contributed by atoms with Gasteiger partial charge in [-0.25, -0.2) is 13.3 Å². The molecule has 0 unspecified atom stereocenters. The zero-order chi connectivity index (χ0) is 30.0. The number of hydrogen-bond donors (Lipinski definition) is 5. The minimum atomic E-state index is -4.61. The van der Waals surface area contributed by atoms with Gasteiger partial charge in [-0.3, -0.25) is 9.11 Å². The molecule has 4 aromatic carbocycles. The molecule has 41 heavy (non-hydrogen) atoms. The predicted octanol–water partition coefficient (Wildman–Crippen LogP) is 2.67. The molecule has 0 saturated carbocycles. The van der Waals surface area contributed by atoms with Crippen molar-refractivity contribution in [2.45, 2.75) is 19.6 Å². The molecule has 4 aromatic rings. The molecule has 0 radical (unpaired) electrons. The summed E-state index contributed by atoms with van der Waals surface area (Å²) < 4.78 is 96.2. The fraction of sp³-hybridized carbons (Fsp3) is 0.167. The molecule has 0 atom stereocenters. The summed E-state index contributed by atoms with van der Waals surface area (Å²) in [6, 6.07) is 14.3. The van der Waals surface area contributed by atoms with Crippen LogP contribution in [0.2, 0.25) is 0 Å². The van der Waals surface area contributed by atoms with Gasteiger partial charge in [0.05, 0.1) is 40.7 Å². The Labute approximate surface area is 240 Å². The van der Waals surface area contributed by atoms with Crippen molar-refractivity contribution in [1.29, 1.82) is 0 Å². The molecule has 0 amide bonds. The first kappa shape index (κ1) is 30.9. The van der Waals surface area contributed by atoms with E-state index in [0.29, 0.717) is 15.7 Å². The molecule has 0 aliphatic heterocycles. The van der Waals surface area contributed by atoms with Crippen LogP contribution in [-0.2, 0) is 39.3 Å². The summed E-state index contributed by atoms with van der Waals surface area (Å²) in [5, 5.41) is 4.09. The van der Waals surface area contributed by atoms with Crippen LogP contribution in [0.1, 0.15) is 0 Å². The number of nitrogen functional groups attached to an aromatic ring is 2. The van der Waals surface area contributed by atoms with Gasteiger partial charge in [0.25, 0.3) is 20.2 Å². The average molecular weight is 644 g/mol. The molecule has 0 aliphatic carbocycles. The zero-order valence-electron chi connectivity index (χ0n) is 21.1.